The molecule has 88 valence electrons. The first kappa shape index (κ1) is 14.1. The molecule has 0 bridgehead atoms. The Morgan fingerprint density at radius 2 is 2.00 bits per heavy atom. The molecule has 4 heteroatoms. The molecule has 15 heavy (non-hydrogen) atoms. The normalized spacial score (nSPS) is 12.1. The van der Waals surface area contributed by atoms with Gasteiger partial charge in [-0.25, -0.2) is 5.48 Å². The average Bonchev–Trinajstić information content (AvgIpc) is 2.26. The maximum absolute atomic E-state index is 10.8. The van der Waals surface area contributed by atoms with Crippen molar-refractivity contribution < 1.29 is 14.8 Å². The fourth-order valence-electron chi connectivity index (χ4n) is 1.51. The number of nitrogens with one attached hydrogen (secondary N) is 1. The van der Waals surface area contributed by atoms with E-state index < -0.39 is 5.91 Å². The van der Waals surface area contributed by atoms with Crippen LogP contribution in [0.25, 0.3) is 0 Å². The van der Waals surface area contributed by atoms with Crippen molar-refractivity contribution in [2.24, 2.45) is 5.92 Å². The molecule has 2 N–H and O–H groups in total. The van der Waals surface area contributed by atoms with Crippen molar-refractivity contribution >= 4 is 12.2 Å². The van der Waals surface area contributed by atoms with E-state index in [-0.39, 0.29) is 12.3 Å². The molecule has 0 fully saturated rings. The zero-order valence-electron chi connectivity index (χ0n) is 9.37. The fraction of sp³-hybridized carbons (Fsp3) is 0.818. The third kappa shape index (κ3) is 8.12. The molecule has 4 nitrogen and oxygen atoms in total. The Bertz CT molecular complexity index is 183. The van der Waals surface area contributed by atoms with Gasteiger partial charge in [0.05, 0.1) is 0 Å². The van der Waals surface area contributed by atoms with Crippen molar-refractivity contribution in [3.63, 3.8) is 0 Å². The Kier molecular flexibility index (Phi) is 9.07. The number of hydrogen-bond donors (Lipinski definition) is 2. The second kappa shape index (κ2) is 9.65. The van der Waals surface area contributed by atoms with E-state index in [1.165, 1.54) is 19.3 Å². The summed E-state index contributed by atoms with van der Waals surface area (Å²) in [7, 11) is 0. The predicted octanol–water partition coefficient (Wildman–Crippen LogP) is 2.06. The summed E-state index contributed by atoms with van der Waals surface area (Å²) in [5.74, 6) is -0.737. The summed E-state index contributed by atoms with van der Waals surface area (Å²) < 4.78 is 0. The molecule has 0 saturated carbocycles. The van der Waals surface area contributed by atoms with Gasteiger partial charge in [0.15, 0.2) is 0 Å². The molecule has 1 amide bonds. The Labute approximate surface area is 91.0 Å². The van der Waals surface area contributed by atoms with Gasteiger partial charge >= 0.3 is 0 Å². The Hall–Kier alpha value is -0.900. The molecule has 0 aromatic heterocycles. The van der Waals surface area contributed by atoms with Crippen LogP contribution in [0.15, 0.2) is 0 Å². The first-order valence-corrected chi connectivity index (χ1v) is 5.62. The van der Waals surface area contributed by atoms with Crippen LogP contribution in [0.2, 0.25) is 0 Å². The molecule has 0 radical (unpaired) electrons. The Morgan fingerprint density at radius 1 is 1.33 bits per heavy atom. The lowest BCUT2D eigenvalue weighted by Crippen LogP contribution is -2.22. The smallest absolute Gasteiger partial charge is 0.244 e. The molecule has 0 aromatic rings. The van der Waals surface area contributed by atoms with E-state index in [0.29, 0.717) is 0 Å². The summed E-state index contributed by atoms with van der Waals surface area (Å²) in [6.45, 7) is 2.15. The average molecular weight is 215 g/mol. The summed E-state index contributed by atoms with van der Waals surface area (Å²) in [5, 5.41) is 8.31. The van der Waals surface area contributed by atoms with Gasteiger partial charge in [0.25, 0.3) is 0 Å². The minimum Gasteiger partial charge on any atom is -0.303 e. The van der Waals surface area contributed by atoms with Gasteiger partial charge in [-0.05, 0) is 6.42 Å². The molecule has 1 atom stereocenters. The zero-order valence-corrected chi connectivity index (χ0v) is 9.37. The van der Waals surface area contributed by atoms with Gasteiger partial charge in [0, 0.05) is 12.3 Å². The van der Waals surface area contributed by atoms with Crippen LogP contribution in [-0.4, -0.2) is 17.4 Å². The molecule has 1 unspecified atom stereocenters. The van der Waals surface area contributed by atoms with Crippen LogP contribution in [0.4, 0.5) is 0 Å². The molecule has 0 rings (SSSR count). The minimum absolute atomic E-state index is 0.0910. The van der Waals surface area contributed by atoms with Gasteiger partial charge in [-0.3, -0.25) is 10.0 Å². The number of amides is 1. The number of carbonyl (C=O) groups is 2. The lowest BCUT2D eigenvalue weighted by molar-refractivity contribution is -0.131. The molecule has 0 aliphatic carbocycles. The minimum atomic E-state index is -0.486. The van der Waals surface area contributed by atoms with E-state index in [0.717, 1.165) is 25.5 Å². The van der Waals surface area contributed by atoms with Crippen molar-refractivity contribution in [3.8, 4) is 0 Å². The highest BCUT2D eigenvalue weighted by molar-refractivity contribution is 5.77. The topological polar surface area (TPSA) is 66.4 Å². The van der Waals surface area contributed by atoms with Crippen LogP contribution in [0.1, 0.15) is 51.9 Å². The van der Waals surface area contributed by atoms with E-state index in [2.05, 4.69) is 6.92 Å². The molecule has 0 aliphatic rings. The van der Waals surface area contributed by atoms with Crippen molar-refractivity contribution in [2.75, 3.05) is 0 Å². The van der Waals surface area contributed by atoms with E-state index >= 15 is 0 Å². The van der Waals surface area contributed by atoms with Crippen LogP contribution in [0, 0.1) is 5.92 Å². The van der Waals surface area contributed by atoms with Crippen LogP contribution in [0.3, 0.4) is 0 Å². The first-order valence-electron chi connectivity index (χ1n) is 5.62. The Balaban J connectivity index is 3.52. The molecule has 0 aliphatic heterocycles. The maximum Gasteiger partial charge on any atom is 0.244 e. The van der Waals surface area contributed by atoms with Gasteiger partial charge in [-0.2, -0.15) is 0 Å². The van der Waals surface area contributed by atoms with Crippen molar-refractivity contribution in [3.05, 3.63) is 0 Å². The van der Waals surface area contributed by atoms with Gasteiger partial charge in [0.1, 0.15) is 6.29 Å². The van der Waals surface area contributed by atoms with Crippen LogP contribution < -0.4 is 5.48 Å². The summed E-state index contributed by atoms with van der Waals surface area (Å²) in [6.07, 6.45) is 7.33. The SMILES string of the molecule is CCCCCCCC(C=O)CC(=O)NO. The number of carbonyl (C=O) groups excluding carboxylic acids is 2. The van der Waals surface area contributed by atoms with E-state index in [4.69, 9.17) is 5.21 Å². The van der Waals surface area contributed by atoms with E-state index in [1.54, 1.807) is 5.48 Å². The van der Waals surface area contributed by atoms with Crippen molar-refractivity contribution in [1.29, 1.82) is 0 Å². The van der Waals surface area contributed by atoms with Gasteiger partial charge in [-0.1, -0.05) is 39.0 Å². The Morgan fingerprint density at radius 3 is 2.53 bits per heavy atom. The summed E-state index contributed by atoms with van der Waals surface area (Å²) in [4.78, 5) is 21.4. The lowest BCUT2D eigenvalue weighted by atomic mass is 9.98. The highest BCUT2D eigenvalue weighted by Crippen LogP contribution is 2.12. The second-order valence-corrected chi connectivity index (χ2v) is 3.84. The summed E-state index contributed by atoms with van der Waals surface area (Å²) in [5.41, 5.74) is 1.54. The molecule has 0 spiro atoms. The maximum atomic E-state index is 10.8. The number of rotatable bonds is 9. The van der Waals surface area contributed by atoms with Crippen molar-refractivity contribution in [1.82, 2.24) is 5.48 Å². The highest BCUT2D eigenvalue weighted by atomic mass is 16.5. The number of unbranched alkanes of at least 4 members (excludes halogenated alkanes) is 4. The highest BCUT2D eigenvalue weighted by Gasteiger charge is 2.11. The van der Waals surface area contributed by atoms with E-state index in [9.17, 15) is 9.59 Å². The zero-order chi connectivity index (χ0) is 11.5. The summed E-state index contributed by atoms with van der Waals surface area (Å²) >= 11 is 0. The molecular formula is C11H21NO3. The van der Waals surface area contributed by atoms with Crippen LogP contribution in [0.5, 0.6) is 0 Å². The standard InChI is InChI=1S/C11H21NO3/c1-2-3-4-5-6-7-10(9-13)8-11(14)12-15/h9-10,15H,2-8H2,1H3,(H,12,14). The number of hydroxylamine groups is 1. The van der Waals surface area contributed by atoms with Gasteiger partial charge in [-0.15, -0.1) is 0 Å². The van der Waals surface area contributed by atoms with Crippen molar-refractivity contribution in [2.45, 2.75) is 51.9 Å². The number of hydrogen-bond acceptors (Lipinski definition) is 3. The predicted molar refractivity (Wildman–Crippen MR) is 57.5 cm³/mol. The third-order valence-electron chi connectivity index (χ3n) is 2.44. The number of aldehydes is 1. The monoisotopic (exact) mass is 215 g/mol. The molecule has 0 aromatic carbocycles. The molecular weight excluding hydrogens is 194 g/mol. The fourth-order valence-corrected chi connectivity index (χ4v) is 1.51. The van der Waals surface area contributed by atoms with Crippen LogP contribution >= 0.6 is 0 Å². The van der Waals surface area contributed by atoms with Gasteiger partial charge < -0.3 is 4.79 Å². The summed E-state index contributed by atoms with van der Waals surface area (Å²) in [6, 6.07) is 0. The van der Waals surface area contributed by atoms with E-state index in [1.807, 2.05) is 0 Å². The van der Waals surface area contributed by atoms with Crippen LogP contribution in [-0.2, 0) is 9.59 Å². The quantitative estimate of drug-likeness (QED) is 0.268. The third-order valence-corrected chi connectivity index (χ3v) is 2.44. The molecule has 0 heterocycles. The lowest BCUT2D eigenvalue weighted by Gasteiger charge is -2.08. The largest absolute Gasteiger partial charge is 0.303 e. The first-order chi connectivity index (χ1) is 7.24. The second-order valence-electron chi connectivity index (χ2n) is 3.84. The molecule has 0 saturated heterocycles. The van der Waals surface area contributed by atoms with Gasteiger partial charge in [0.2, 0.25) is 5.91 Å².